The predicted molar refractivity (Wildman–Crippen MR) is 127 cm³/mol. The van der Waals surface area contributed by atoms with Crippen molar-refractivity contribution in [2.45, 2.75) is 45.2 Å². The minimum atomic E-state index is -0.579. The first-order valence-electron chi connectivity index (χ1n) is 10.3. The molecule has 0 aromatic heterocycles. The number of hydrogen-bond donors (Lipinski definition) is 0. The second kappa shape index (κ2) is 8.69. The molecular formula is C25H26BBrO4. The van der Waals surface area contributed by atoms with E-state index in [1.54, 1.807) is 0 Å². The standard InChI is InChI=1S/C25H26BBrO4/c1-24(2)25(3,4)31-26(30-24)19-10-14-21(15-11-19)28-23(18-8-6-5-7-9-18)29-22-16-12-20(27)13-17-22/h5-17,23H,1-4H3. The molecule has 0 radical (unpaired) electrons. The van der Waals surface area contributed by atoms with Gasteiger partial charge in [0.2, 0.25) is 0 Å². The van der Waals surface area contributed by atoms with Crippen molar-refractivity contribution in [2.75, 3.05) is 0 Å². The van der Waals surface area contributed by atoms with Gasteiger partial charge in [0.25, 0.3) is 6.29 Å². The molecule has 1 aliphatic rings. The van der Waals surface area contributed by atoms with E-state index in [4.69, 9.17) is 18.8 Å². The van der Waals surface area contributed by atoms with Gasteiger partial charge in [-0.25, -0.2) is 0 Å². The second-order valence-corrected chi connectivity index (χ2v) is 9.51. The average molecular weight is 481 g/mol. The van der Waals surface area contributed by atoms with Gasteiger partial charge in [-0.3, -0.25) is 0 Å². The van der Waals surface area contributed by atoms with Crippen LogP contribution < -0.4 is 14.9 Å². The third kappa shape index (κ3) is 4.98. The topological polar surface area (TPSA) is 36.9 Å². The van der Waals surface area contributed by atoms with Gasteiger partial charge in [-0.2, -0.15) is 0 Å². The summed E-state index contributed by atoms with van der Waals surface area (Å²) in [6, 6.07) is 25.4. The molecule has 0 spiro atoms. The van der Waals surface area contributed by atoms with Gasteiger partial charge >= 0.3 is 7.12 Å². The van der Waals surface area contributed by atoms with Gasteiger partial charge in [0, 0.05) is 10.0 Å². The minimum Gasteiger partial charge on any atom is -0.451 e. The van der Waals surface area contributed by atoms with E-state index in [0.29, 0.717) is 5.75 Å². The zero-order chi connectivity index (χ0) is 22.1. The Morgan fingerprint density at radius 3 is 1.71 bits per heavy atom. The highest BCUT2D eigenvalue weighted by molar-refractivity contribution is 9.10. The lowest BCUT2D eigenvalue weighted by Gasteiger charge is -2.32. The van der Waals surface area contributed by atoms with E-state index in [9.17, 15) is 0 Å². The Kier molecular flexibility index (Phi) is 6.15. The summed E-state index contributed by atoms with van der Waals surface area (Å²) >= 11 is 3.45. The summed E-state index contributed by atoms with van der Waals surface area (Å²) in [6.07, 6.45) is -0.579. The molecule has 4 rings (SSSR count). The first-order chi connectivity index (χ1) is 14.7. The van der Waals surface area contributed by atoms with E-state index in [-0.39, 0.29) is 11.2 Å². The van der Waals surface area contributed by atoms with E-state index in [1.807, 2.05) is 107 Å². The Morgan fingerprint density at radius 1 is 0.710 bits per heavy atom. The Balaban J connectivity index is 1.51. The molecular weight excluding hydrogens is 455 g/mol. The lowest BCUT2D eigenvalue weighted by atomic mass is 9.79. The van der Waals surface area contributed by atoms with Crippen molar-refractivity contribution in [2.24, 2.45) is 0 Å². The van der Waals surface area contributed by atoms with Gasteiger partial charge in [0.15, 0.2) is 0 Å². The van der Waals surface area contributed by atoms with Crippen molar-refractivity contribution in [3.8, 4) is 11.5 Å². The predicted octanol–water partition coefficient (Wildman–Crippen LogP) is 5.90. The number of halogens is 1. The van der Waals surface area contributed by atoms with Crippen LogP contribution in [0.4, 0.5) is 0 Å². The van der Waals surface area contributed by atoms with Crippen LogP contribution in [0.3, 0.4) is 0 Å². The molecule has 3 aromatic carbocycles. The second-order valence-electron chi connectivity index (χ2n) is 8.59. The SMILES string of the molecule is CC1(C)OB(c2ccc(OC(Oc3ccc(Br)cc3)c3ccccc3)cc2)OC1(C)C. The van der Waals surface area contributed by atoms with Gasteiger partial charge in [-0.15, -0.1) is 0 Å². The lowest BCUT2D eigenvalue weighted by molar-refractivity contribution is 0.00382. The highest BCUT2D eigenvalue weighted by Gasteiger charge is 2.51. The van der Waals surface area contributed by atoms with Crippen LogP contribution >= 0.6 is 15.9 Å². The van der Waals surface area contributed by atoms with Gasteiger partial charge in [0.05, 0.1) is 11.2 Å². The third-order valence-corrected chi connectivity index (χ3v) is 6.31. The maximum absolute atomic E-state index is 6.22. The summed E-state index contributed by atoms with van der Waals surface area (Å²) in [7, 11) is -0.400. The van der Waals surface area contributed by atoms with Crippen molar-refractivity contribution in [3.63, 3.8) is 0 Å². The van der Waals surface area contributed by atoms with Gasteiger partial charge < -0.3 is 18.8 Å². The van der Waals surface area contributed by atoms with Crippen LogP contribution in [0.15, 0.2) is 83.3 Å². The monoisotopic (exact) mass is 480 g/mol. The quantitative estimate of drug-likeness (QED) is 0.325. The van der Waals surface area contributed by atoms with Crippen molar-refractivity contribution in [1.29, 1.82) is 0 Å². The van der Waals surface area contributed by atoms with Crippen molar-refractivity contribution in [1.82, 2.24) is 0 Å². The Morgan fingerprint density at radius 2 is 1.19 bits per heavy atom. The molecule has 1 saturated heterocycles. The molecule has 6 heteroatoms. The first-order valence-corrected chi connectivity index (χ1v) is 11.1. The van der Waals surface area contributed by atoms with Crippen molar-refractivity contribution in [3.05, 3.63) is 88.9 Å². The van der Waals surface area contributed by atoms with E-state index < -0.39 is 13.4 Å². The Labute approximate surface area is 192 Å². The summed E-state index contributed by atoms with van der Waals surface area (Å²) in [5.41, 5.74) is 1.14. The lowest BCUT2D eigenvalue weighted by Crippen LogP contribution is -2.41. The summed E-state index contributed by atoms with van der Waals surface area (Å²) < 4.78 is 25.6. The molecule has 0 saturated carbocycles. The molecule has 0 N–H and O–H groups in total. The molecule has 1 unspecified atom stereocenters. The zero-order valence-electron chi connectivity index (χ0n) is 18.2. The van der Waals surface area contributed by atoms with Crippen LogP contribution in [-0.4, -0.2) is 18.3 Å². The van der Waals surface area contributed by atoms with E-state index >= 15 is 0 Å². The van der Waals surface area contributed by atoms with Gasteiger partial charge in [-0.05, 0) is 69.6 Å². The van der Waals surface area contributed by atoms with Gasteiger partial charge in [-0.1, -0.05) is 58.4 Å². The molecule has 31 heavy (non-hydrogen) atoms. The molecule has 0 amide bonds. The largest absolute Gasteiger partial charge is 0.494 e. The number of ether oxygens (including phenoxy) is 2. The first kappa shape index (κ1) is 21.9. The van der Waals surface area contributed by atoms with Gasteiger partial charge in [0.1, 0.15) is 11.5 Å². The fourth-order valence-electron chi connectivity index (χ4n) is 3.21. The zero-order valence-corrected chi connectivity index (χ0v) is 19.8. The molecule has 0 bridgehead atoms. The average Bonchev–Trinajstić information content (AvgIpc) is 2.97. The van der Waals surface area contributed by atoms with E-state index in [1.165, 1.54) is 0 Å². The van der Waals surface area contributed by atoms with E-state index in [2.05, 4.69) is 15.9 Å². The van der Waals surface area contributed by atoms with Crippen LogP contribution in [0, 0.1) is 0 Å². The van der Waals surface area contributed by atoms with Crippen LogP contribution in [-0.2, 0) is 9.31 Å². The molecule has 1 atom stereocenters. The Hall–Kier alpha value is -2.28. The van der Waals surface area contributed by atoms with Crippen LogP contribution in [0.25, 0.3) is 0 Å². The fraction of sp³-hybridized carbons (Fsp3) is 0.280. The number of benzene rings is 3. The highest BCUT2D eigenvalue weighted by Crippen LogP contribution is 2.36. The van der Waals surface area contributed by atoms with Crippen molar-refractivity contribution < 1.29 is 18.8 Å². The highest BCUT2D eigenvalue weighted by atomic mass is 79.9. The summed E-state index contributed by atoms with van der Waals surface area (Å²) in [6.45, 7) is 8.20. The maximum Gasteiger partial charge on any atom is 0.494 e. The Bertz CT molecular complexity index is 988. The molecule has 1 aliphatic heterocycles. The molecule has 4 nitrogen and oxygen atoms in total. The number of rotatable bonds is 6. The van der Waals surface area contributed by atoms with Crippen LogP contribution in [0.5, 0.6) is 11.5 Å². The normalized spacial score (nSPS) is 17.9. The molecule has 3 aromatic rings. The molecule has 1 heterocycles. The summed E-state index contributed by atoms with van der Waals surface area (Å²) in [4.78, 5) is 0. The fourth-order valence-corrected chi connectivity index (χ4v) is 3.48. The van der Waals surface area contributed by atoms with E-state index in [0.717, 1.165) is 21.2 Å². The smallest absolute Gasteiger partial charge is 0.451 e. The van der Waals surface area contributed by atoms with Crippen LogP contribution in [0.2, 0.25) is 0 Å². The van der Waals surface area contributed by atoms with Crippen LogP contribution in [0.1, 0.15) is 39.5 Å². The maximum atomic E-state index is 6.22. The molecule has 0 aliphatic carbocycles. The number of hydrogen-bond acceptors (Lipinski definition) is 4. The molecule has 160 valence electrons. The summed E-state index contributed by atoms with van der Waals surface area (Å²) in [5, 5.41) is 0. The van der Waals surface area contributed by atoms with Crippen molar-refractivity contribution >= 4 is 28.5 Å². The minimum absolute atomic E-state index is 0.371. The molecule has 1 fully saturated rings. The third-order valence-electron chi connectivity index (χ3n) is 5.78. The summed E-state index contributed by atoms with van der Waals surface area (Å²) in [5.74, 6) is 1.43.